The van der Waals surface area contributed by atoms with Crippen LogP contribution in [0.5, 0.6) is 0 Å². The van der Waals surface area contributed by atoms with Crippen molar-refractivity contribution in [2.45, 2.75) is 40.2 Å². The fourth-order valence-corrected chi connectivity index (χ4v) is 1.84. The smallest absolute Gasteiger partial charge is 0.125 e. The Morgan fingerprint density at radius 3 is 2.59 bits per heavy atom. The van der Waals surface area contributed by atoms with Crippen molar-refractivity contribution in [3.63, 3.8) is 0 Å². The summed E-state index contributed by atoms with van der Waals surface area (Å²) in [5, 5.41) is 12.8. The first kappa shape index (κ1) is 14.1. The van der Waals surface area contributed by atoms with E-state index in [1.165, 1.54) is 0 Å². The Balaban J connectivity index is 2.46. The molecule has 96 valence electrons. The predicted octanol–water partition coefficient (Wildman–Crippen LogP) is 1.67. The van der Waals surface area contributed by atoms with E-state index in [0.29, 0.717) is 0 Å². The van der Waals surface area contributed by atoms with Crippen LogP contribution in [0.2, 0.25) is 0 Å². The maximum atomic E-state index is 9.45. The molecule has 0 fully saturated rings. The van der Waals surface area contributed by atoms with E-state index in [9.17, 15) is 5.11 Å². The van der Waals surface area contributed by atoms with Gasteiger partial charge >= 0.3 is 0 Å². The topological polar surface area (TPSA) is 58.0 Å². The van der Waals surface area contributed by atoms with Crippen LogP contribution in [0, 0.1) is 12.3 Å². The second-order valence-electron chi connectivity index (χ2n) is 4.56. The summed E-state index contributed by atoms with van der Waals surface area (Å²) in [6, 6.07) is 1.92. The SMILES string of the molecule is CCC(CC)(CO)CNCc1ccnc(C)n1. The van der Waals surface area contributed by atoms with Gasteiger partial charge in [-0.3, -0.25) is 0 Å². The minimum atomic E-state index is 0.00206. The Morgan fingerprint density at radius 1 is 1.35 bits per heavy atom. The molecule has 0 atom stereocenters. The van der Waals surface area contributed by atoms with Crippen LogP contribution in [0.4, 0.5) is 0 Å². The first-order chi connectivity index (χ1) is 8.15. The van der Waals surface area contributed by atoms with Crippen LogP contribution in [-0.2, 0) is 6.54 Å². The molecule has 0 saturated carbocycles. The van der Waals surface area contributed by atoms with Gasteiger partial charge in [0.1, 0.15) is 5.82 Å². The molecule has 0 amide bonds. The molecule has 0 radical (unpaired) electrons. The summed E-state index contributed by atoms with van der Waals surface area (Å²) in [7, 11) is 0. The van der Waals surface area contributed by atoms with Gasteiger partial charge in [0.25, 0.3) is 0 Å². The number of nitrogens with one attached hydrogen (secondary N) is 1. The van der Waals surface area contributed by atoms with Crippen LogP contribution in [0.1, 0.15) is 38.2 Å². The fourth-order valence-electron chi connectivity index (χ4n) is 1.84. The van der Waals surface area contributed by atoms with Gasteiger partial charge in [-0.2, -0.15) is 0 Å². The van der Waals surface area contributed by atoms with Crippen molar-refractivity contribution in [1.82, 2.24) is 15.3 Å². The van der Waals surface area contributed by atoms with Gasteiger partial charge in [-0.25, -0.2) is 9.97 Å². The number of aliphatic hydroxyl groups excluding tert-OH is 1. The molecule has 2 N–H and O–H groups in total. The second-order valence-corrected chi connectivity index (χ2v) is 4.56. The first-order valence-corrected chi connectivity index (χ1v) is 6.26. The van der Waals surface area contributed by atoms with Crippen molar-refractivity contribution >= 4 is 0 Å². The Labute approximate surface area is 103 Å². The summed E-state index contributed by atoms with van der Waals surface area (Å²) < 4.78 is 0. The van der Waals surface area contributed by atoms with E-state index >= 15 is 0 Å². The molecule has 1 rings (SSSR count). The van der Waals surface area contributed by atoms with Crippen LogP contribution in [0.15, 0.2) is 12.3 Å². The van der Waals surface area contributed by atoms with Gasteiger partial charge in [-0.05, 0) is 25.8 Å². The molecule has 0 unspecified atom stereocenters. The fraction of sp³-hybridized carbons (Fsp3) is 0.692. The third-order valence-electron chi connectivity index (χ3n) is 3.48. The average molecular weight is 237 g/mol. The lowest BCUT2D eigenvalue weighted by Crippen LogP contribution is -2.36. The van der Waals surface area contributed by atoms with Crippen molar-refractivity contribution < 1.29 is 5.11 Å². The van der Waals surface area contributed by atoms with Crippen LogP contribution < -0.4 is 5.32 Å². The predicted molar refractivity (Wildman–Crippen MR) is 68.6 cm³/mol. The zero-order valence-electron chi connectivity index (χ0n) is 11.0. The Morgan fingerprint density at radius 2 is 2.06 bits per heavy atom. The van der Waals surface area contributed by atoms with Gasteiger partial charge in [0.15, 0.2) is 0 Å². The summed E-state index contributed by atoms with van der Waals surface area (Å²) in [5.41, 5.74) is 0.999. The van der Waals surface area contributed by atoms with Crippen molar-refractivity contribution in [3.05, 3.63) is 23.8 Å². The number of nitrogens with zero attached hydrogens (tertiary/aromatic N) is 2. The van der Waals surface area contributed by atoms with E-state index in [2.05, 4.69) is 29.1 Å². The van der Waals surface area contributed by atoms with Gasteiger partial charge in [0.05, 0.1) is 5.69 Å². The van der Waals surface area contributed by atoms with Crippen LogP contribution in [0.3, 0.4) is 0 Å². The molecule has 1 aromatic heterocycles. The number of rotatable bonds is 7. The molecule has 17 heavy (non-hydrogen) atoms. The Bertz CT molecular complexity index is 329. The molecule has 0 aliphatic rings. The molecule has 0 bridgehead atoms. The lowest BCUT2D eigenvalue weighted by atomic mass is 9.83. The molecule has 0 aliphatic carbocycles. The highest BCUT2D eigenvalue weighted by molar-refractivity contribution is 5.01. The molecule has 1 heterocycles. The van der Waals surface area contributed by atoms with E-state index in [-0.39, 0.29) is 12.0 Å². The third-order valence-corrected chi connectivity index (χ3v) is 3.48. The van der Waals surface area contributed by atoms with E-state index in [0.717, 1.165) is 37.4 Å². The average Bonchev–Trinajstić information content (AvgIpc) is 2.35. The van der Waals surface area contributed by atoms with Gasteiger partial charge in [-0.1, -0.05) is 13.8 Å². The third kappa shape index (κ3) is 4.06. The number of aryl methyl sites for hydroxylation is 1. The zero-order chi connectivity index (χ0) is 12.7. The summed E-state index contributed by atoms with van der Waals surface area (Å²) >= 11 is 0. The highest BCUT2D eigenvalue weighted by Crippen LogP contribution is 2.24. The Hall–Kier alpha value is -1.00. The van der Waals surface area contributed by atoms with E-state index in [4.69, 9.17) is 0 Å². The monoisotopic (exact) mass is 237 g/mol. The van der Waals surface area contributed by atoms with Gasteiger partial charge in [-0.15, -0.1) is 0 Å². The molecule has 0 spiro atoms. The standard InChI is InChI=1S/C13H23N3O/c1-4-13(5-2,10-17)9-14-8-12-6-7-15-11(3)16-12/h6-7,14,17H,4-5,8-10H2,1-3H3. The normalized spacial score (nSPS) is 11.8. The summed E-state index contributed by atoms with van der Waals surface area (Å²) in [6.45, 7) is 7.91. The number of hydrogen-bond acceptors (Lipinski definition) is 4. The lowest BCUT2D eigenvalue weighted by molar-refractivity contribution is 0.113. The van der Waals surface area contributed by atoms with Crippen molar-refractivity contribution in [2.24, 2.45) is 5.41 Å². The van der Waals surface area contributed by atoms with Crippen molar-refractivity contribution in [2.75, 3.05) is 13.2 Å². The molecular weight excluding hydrogens is 214 g/mol. The van der Waals surface area contributed by atoms with Crippen molar-refractivity contribution in [3.8, 4) is 0 Å². The molecule has 0 aliphatic heterocycles. The minimum Gasteiger partial charge on any atom is -0.396 e. The van der Waals surface area contributed by atoms with Crippen molar-refractivity contribution in [1.29, 1.82) is 0 Å². The van der Waals surface area contributed by atoms with Gasteiger partial charge in [0, 0.05) is 31.3 Å². The molecule has 0 saturated heterocycles. The molecular formula is C13H23N3O. The molecule has 4 heteroatoms. The zero-order valence-corrected chi connectivity index (χ0v) is 11.0. The van der Waals surface area contributed by atoms with Crippen LogP contribution in [0.25, 0.3) is 0 Å². The Kier molecular flexibility index (Phi) is 5.51. The quantitative estimate of drug-likeness (QED) is 0.757. The molecule has 1 aromatic rings. The summed E-state index contributed by atoms with van der Waals surface area (Å²) in [5.74, 6) is 0.795. The molecule has 0 aromatic carbocycles. The van der Waals surface area contributed by atoms with E-state index in [1.54, 1.807) is 6.20 Å². The largest absolute Gasteiger partial charge is 0.396 e. The maximum Gasteiger partial charge on any atom is 0.125 e. The molecule has 4 nitrogen and oxygen atoms in total. The summed E-state index contributed by atoms with van der Waals surface area (Å²) in [4.78, 5) is 8.40. The maximum absolute atomic E-state index is 9.45. The number of aliphatic hydroxyl groups is 1. The van der Waals surface area contributed by atoms with Crippen LogP contribution in [-0.4, -0.2) is 28.2 Å². The van der Waals surface area contributed by atoms with Gasteiger partial charge < -0.3 is 10.4 Å². The highest BCUT2D eigenvalue weighted by atomic mass is 16.3. The highest BCUT2D eigenvalue weighted by Gasteiger charge is 2.24. The second kappa shape index (κ2) is 6.67. The lowest BCUT2D eigenvalue weighted by Gasteiger charge is -2.29. The van der Waals surface area contributed by atoms with Crippen LogP contribution >= 0.6 is 0 Å². The first-order valence-electron chi connectivity index (χ1n) is 6.26. The number of hydrogen-bond donors (Lipinski definition) is 2. The minimum absolute atomic E-state index is 0.00206. The van der Waals surface area contributed by atoms with E-state index in [1.807, 2.05) is 13.0 Å². The van der Waals surface area contributed by atoms with E-state index < -0.39 is 0 Å². The number of aromatic nitrogens is 2. The van der Waals surface area contributed by atoms with Gasteiger partial charge in [0.2, 0.25) is 0 Å². The summed E-state index contributed by atoms with van der Waals surface area (Å²) in [6.07, 6.45) is 3.74.